The summed E-state index contributed by atoms with van der Waals surface area (Å²) in [6.45, 7) is 1.05. The van der Waals surface area contributed by atoms with E-state index in [4.69, 9.17) is 45.4 Å². The summed E-state index contributed by atoms with van der Waals surface area (Å²) in [6.07, 6.45) is 0. The Hall–Kier alpha value is -3.27. The minimum absolute atomic E-state index is 0. The molecule has 0 bridgehead atoms. The zero-order valence-corrected chi connectivity index (χ0v) is 26.8. The number of ether oxygens (including phenoxy) is 2. The van der Waals surface area contributed by atoms with Crippen LogP contribution in [-0.4, -0.2) is 90.9 Å². The van der Waals surface area contributed by atoms with Gasteiger partial charge in [0.2, 0.25) is 11.8 Å². The van der Waals surface area contributed by atoms with Crippen LogP contribution in [0.5, 0.6) is 0 Å². The van der Waals surface area contributed by atoms with Crippen molar-refractivity contribution in [2.75, 3.05) is 13.2 Å². The maximum atomic E-state index is 10.7. The summed E-state index contributed by atoms with van der Waals surface area (Å²) in [5.41, 5.74) is -7.39. The van der Waals surface area contributed by atoms with Gasteiger partial charge in [0.05, 0.1) is 0 Å². The van der Waals surface area contributed by atoms with E-state index in [1.165, 1.54) is 0 Å². The molecular weight excluding hydrogens is 767 g/mol. The van der Waals surface area contributed by atoms with Crippen molar-refractivity contribution in [1.82, 2.24) is 4.98 Å². The van der Waals surface area contributed by atoms with E-state index in [2.05, 4.69) is 29.2 Å². The van der Waals surface area contributed by atoms with Gasteiger partial charge in [-0.15, -0.1) is 0 Å². The Morgan fingerprint density at radius 2 is 0.911 bits per heavy atom. The Kier molecular flexibility index (Phi) is 12.9. The Bertz CT molecular complexity index is 1580. The molecule has 11 nitrogen and oxygen atoms in total. The molecule has 2 aromatic carbocycles. The SMILES string of the molecule is O=S(=O)(O)C(F)(F)F.O=S(=O)(O)C(F)(F)F.[Sn].c1ccc([C@H]2COC(c3cccc(C4=N[C@@H](c5ccccc5)CO4)n3)=N2)cc1. The van der Waals surface area contributed by atoms with Crippen molar-refractivity contribution in [3.63, 3.8) is 0 Å². The van der Waals surface area contributed by atoms with Crippen molar-refractivity contribution in [2.45, 2.75) is 23.1 Å². The van der Waals surface area contributed by atoms with E-state index in [1.807, 2.05) is 54.6 Å². The summed E-state index contributed by atoms with van der Waals surface area (Å²) in [5, 5.41) is 0. The Labute approximate surface area is 269 Å². The Morgan fingerprint density at radius 3 is 1.20 bits per heavy atom. The third-order valence-corrected chi connectivity index (χ3v) is 6.61. The number of pyridine rings is 1. The molecule has 2 aliphatic rings. The molecule has 20 heteroatoms. The average molecular weight is 788 g/mol. The first-order valence-corrected chi connectivity index (χ1v) is 14.8. The monoisotopic (exact) mass is 789 g/mol. The zero-order valence-electron chi connectivity index (χ0n) is 22.3. The number of aliphatic imine (C=N–C) groups is 2. The van der Waals surface area contributed by atoms with Crippen molar-refractivity contribution in [1.29, 1.82) is 0 Å². The van der Waals surface area contributed by atoms with Crippen LogP contribution in [0.15, 0.2) is 88.8 Å². The molecule has 0 saturated heterocycles. The molecule has 4 radical (unpaired) electrons. The van der Waals surface area contributed by atoms with Crippen LogP contribution in [0.1, 0.15) is 34.6 Å². The molecule has 0 unspecified atom stereocenters. The van der Waals surface area contributed by atoms with E-state index in [0.717, 1.165) is 11.1 Å². The molecule has 2 aliphatic heterocycles. The number of nitrogens with zero attached hydrogens (tertiary/aromatic N) is 3. The Morgan fingerprint density at radius 1 is 0.600 bits per heavy atom. The quantitative estimate of drug-likeness (QED) is 0.167. The smallest absolute Gasteiger partial charge is 0.474 e. The molecule has 1 aromatic heterocycles. The minimum Gasteiger partial charge on any atom is -0.474 e. The summed E-state index contributed by atoms with van der Waals surface area (Å²) in [6, 6.07) is 26.1. The molecule has 0 aliphatic carbocycles. The van der Waals surface area contributed by atoms with Crippen LogP contribution in [-0.2, 0) is 29.7 Å². The van der Waals surface area contributed by atoms with Crippen molar-refractivity contribution < 1.29 is 61.8 Å². The van der Waals surface area contributed by atoms with Gasteiger partial charge in [0, 0.05) is 23.9 Å². The van der Waals surface area contributed by atoms with Crippen molar-refractivity contribution >= 4 is 55.9 Å². The normalized spacial score (nSPS) is 18.0. The fourth-order valence-electron chi connectivity index (χ4n) is 3.39. The zero-order chi connectivity index (χ0) is 32.8. The van der Waals surface area contributed by atoms with Gasteiger partial charge in [-0.2, -0.15) is 43.2 Å². The molecule has 0 amide bonds. The molecule has 5 rings (SSSR count). The molecule has 0 spiro atoms. The first-order valence-electron chi connectivity index (χ1n) is 11.9. The molecule has 242 valence electrons. The predicted octanol–water partition coefficient (Wildman–Crippen LogP) is 4.53. The van der Waals surface area contributed by atoms with Crippen LogP contribution >= 0.6 is 0 Å². The number of hydrogen-bond donors (Lipinski definition) is 2. The number of benzene rings is 2. The Balaban J connectivity index is 0.000000347. The van der Waals surface area contributed by atoms with E-state index in [0.29, 0.717) is 36.4 Å². The van der Waals surface area contributed by atoms with Gasteiger partial charge in [-0.3, -0.25) is 9.11 Å². The number of halogens is 6. The van der Waals surface area contributed by atoms with Crippen molar-refractivity contribution in [3.05, 3.63) is 101 Å². The van der Waals surface area contributed by atoms with Crippen LogP contribution in [0, 0.1) is 0 Å². The molecule has 3 heterocycles. The minimum atomic E-state index is -5.84. The van der Waals surface area contributed by atoms with Gasteiger partial charge in [0.25, 0.3) is 0 Å². The fraction of sp³-hybridized carbons (Fsp3) is 0.240. The van der Waals surface area contributed by atoms with E-state index < -0.39 is 31.3 Å². The predicted molar refractivity (Wildman–Crippen MR) is 149 cm³/mol. The van der Waals surface area contributed by atoms with Gasteiger partial charge in [0.15, 0.2) is 0 Å². The molecule has 2 atom stereocenters. The average Bonchev–Trinajstić information content (AvgIpc) is 3.64. The van der Waals surface area contributed by atoms with Crippen LogP contribution in [0.3, 0.4) is 0 Å². The largest absolute Gasteiger partial charge is 0.522 e. The van der Waals surface area contributed by atoms with Crippen molar-refractivity contribution in [3.8, 4) is 0 Å². The van der Waals surface area contributed by atoms with E-state index in [-0.39, 0.29) is 36.0 Å². The number of aromatic nitrogens is 1. The molecule has 3 aromatic rings. The van der Waals surface area contributed by atoms with Gasteiger partial charge in [-0.05, 0) is 23.3 Å². The molecular formula is C25H21F6N3O8S2Sn. The fourth-order valence-corrected chi connectivity index (χ4v) is 3.39. The summed E-state index contributed by atoms with van der Waals surface area (Å²) in [4.78, 5) is 14.1. The first kappa shape index (κ1) is 37.9. The second kappa shape index (κ2) is 15.3. The van der Waals surface area contributed by atoms with Crippen LogP contribution < -0.4 is 0 Å². The maximum absolute atomic E-state index is 10.7. The second-order valence-electron chi connectivity index (χ2n) is 8.59. The van der Waals surface area contributed by atoms with E-state index in [9.17, 15) is 26.3 Å². The van der Waals surface area contributed by atoms with Gasteiger partial charge in [-0.1, -0.05) is 66.7 Å². The van der Waals surface area contributed by atoms with Crippen LogP contribution in [0.4, 0.5) is 26.3 Å². The topological polar surface area (TPSA) is 165 Å². The summed E-state index contributed by atoms with van der Waals surface area (Å²) >= 11 is 0. The summed E-state index contributed by atoms with van der Waals surface area (Å²) < 4.78 is 127. The van der Waals surface area contributed by atoms with Gasteiger partial charge in [0.1, 0.15) is 36.7 Å². The number of hydrogen-bond acceptors (Lipinski definition) is 9. The third kappa shape index (κ3) is 10.9. The molecule has 0 fully saturated rings. The van der Waals surface area contributed by atoms with Gasteiger partial charge in [-0.25, -0.2) is 15.0 Å². The standard InChI is InChI=1S/C23H19N3O2.2CHF3O3S.Sn/c1-3-8-16(9-4-1)20-14-27-22(25-20)18-12-7-13-19(24-18)23-26-21(15-28-23)17-10-5-2-6-11-17;2*2-1(3,4)8(5,6)7;/h1-13,20-21H,14-15H2;2*(H,5,6,7);/t20-,21-;;;/m1.../s1. The van der Waals surface area contributed by atoms with Crippen LogP contribution in [0.25, 0.3) is 0 Å². The van der Waals surface area contributed by atoms with E-state index >= 15 is 0 Å². The summed E-state index contributed by atoms with van der Waals surface area (Å²) in [5.74, 6) is 1.13. The van der Waals surface area contributed by atoms with E-state index in [1.54, 1.807) is 0 Å². The van der Waals surface area contributed by atoms with Gasteiger partial charge >= 0.3 is 31.3 Å². The summed E-state index contributed by atoms with van der Waals surface area (Å²) in [7, 11) is -11.7. The third-order valence-electron chi connectivity index (χ3n) is 5.44. The first-order chi connectivity index (χ1) is 20.4. The number of rotatable bonds is 4. The van der Waals surface area contributed by atoms with Crippen molar-refractivity contribution in [2.24, 2.45) is 9.98 Å². The number of alkyl halides is 6. The molecule has 0 saturated carbocycles. The molecule has 45 heavy (non-hydrogen) atoms. The van der Waals surface area contributed by atoms with Gasteiger partial charge < -0.3 is 9.47 Å². The molecule has 2 N–H and O–H groups in total. The second-order valence-corrected chi connectivity index (χ2v) is 11.4. The maximum Gasteiger partial charge on any atom is 0.522 e. The van der Waals surface area contributed by atoms with Crippen LogP contribution in [0.2, 0.25) is 0 Å².